The van der Waals surface area contributed by atoms with Gasteiger partial charge in [0.25, 0.3) is 11.7 Å². The van der Waals surface area contributed by atoms with Crippen molar-refractivity contribution in [3.63, 3.8) is 0 Å². The summed E-state index contributed by atoms with van der Waals surface area (Å²) in [5.41, 5.74) is 2.11. The zero-order valence-electron chi connectivity index (χ0n) is 20.5. The van der Waals surface area contributed by atoms with Crippen LogP contribution in [0.4, 0.5) is 0 Å². The number of carbonyl (C=O) groups excluding carboxylic acids is 2. The summed E-state index contributed by atoms with van der Waals surface area (Å²) >= 11 is 0. The fraction of sp³-hybridized carbons (Fsp3) is 0.407. The Kier molecular flexibility index (Phi) is 7.31. The maximum absolute atomic E-state index is 13.2. The smallest absolute Gasteiger partial charge is 0.295 e. The van der Waals surface area contributed by atoms with Crippen molar-refractivity contribution in [2.75, 3.05) is 34.0 Å². The van der Waals surface area contributed by atoms with Crippen molar-refractivity contribution in [2.45, 2.75) is 38.8 Å². The van der Waals surface area contributed by atoms with Crippen LogP contribution in [-0.2, 0) is 20.7 Å². The fourth-order valence-electron chi connectivity index (χ4n) is 4.69. The Hall–Kier alpha value is -3.52. The van der Waals surface area contributed by atoms with Crippen LogP contribution in [0.25, 0.3) is 5.76 Å². The van der Waals surface area contributed by atoms with Gasteiger partial charge in [0.15, 0.2) is 11.5 Å². The molecule has 2 aromatic carbocycles. The molecule has 2 heterocycles. The standard InChI is InChI=1S/C27H31NO7/c1-5-34-21-10-7-17(15-22(21)33-4)24-23(26(30)27(31)28(24)11-6-12-32-3)25(29)18-8-9-20-19(14-18)13-16(2)35-20/h7-10,14-16,24,29H,5-6,11-13H2,1-4H3/t16-,24-/m0/s1. The average molecular weight is 482 g/mol. The zero-order valence-corrected chi connectivity index (χ0v) is 20.5. The summed E-state index contributed by atoms with van der Waals surface area (Å²) in [5, 5.41) is 11.4. The molecule has 2 aliphatic rings. The SMILES string of the molecule is CCOc1ccc([C@H]2C(=C(O)c3ccc4c(c3)C[C@H](C)O4)C(=O)C(=O)N2CCCOC)cc1OC. The van der Waals surface area contributed by atoms with E-state index in [-0.39, 0.29) is 17.4 Å². The first-order valence-corrected chi connectivity index (χ1v) is 11.8. The first kappa shape index (κ1) is 24.6. The van der Waals surface area contributed by atoms with Gasteiger partial charge in [-0.3, -0.25) is 9.59 Å². The molecule has 1 fully saturated rings. The number of nitrogens with zero attached hydrogens (tertiary/aromatic N) is 1. The van der Waals surface area contributed by atoms with E-state index in [1.807, 2.05) is 19.9 Å². The number of hydrogen-bond acceptors (Lipinski definition) is 7. The van der Waals surface area contributed by atoms with Crippen LogP contribution in [0.3, 0.4) is 0 Å². The molecule has 2 aliphatic heterocycles. The number of rotatable bonds is 9. The molecular formula is C27H31NO7. The van der Waals surface area contributed by atoms with Crippen molar-refractivity contribution >= 4 is 17.4 Å². The summed E-state index contributed by atoms with van der Waals surface area (Å²) in [5.74, 6) is 0.222. The van der Waals surface area contributed by atoms with Gasteiger partial charge in [-0.25, -0.2) is 0 Å². The second kappa shape index (κ2) is 10.4. The second-order valence-electron chi connectivity index (χ2n) is 8.64. The lowest BCUT2D eigenvalue weighted by Gasteiger charge is -2.26. The van der Waals surface area contributed by atoms with E-state index in [2.05, 4.69) is 0 Å². The Morgan fingerprint density at radius 1 is 1.14 bits per heavy atom. The summed E-state index contributed by atoms with van der Waals surface area (Å²) in [4.78, 5) is 27.8. The van der Waals surface area contributed by atoms with Gasteiger partial charge in [0.1, 0.15) is 17.6 Å². The minimum atomic E-state index is -0.778. The molecule has 0 spiro atoms. The molecule has 2 aromatic rings. The molecule has 0 bridgehead atoms. The van der Waals surface area contributed by atoms with E-state index >= 15 is 0 Å². The molecule has 0 radical (unpaired) electrons. The van der Waals surface area contributed by atoms with Crippen LogP contribution in [0.1, 0.15) is 43.0 Å². The topological polar surface area (TPSA) is 94.5 Å². The van der Waals surface area contributed by atoms with Crippen LogP contribution in [0.2, 0.25) is 0 Å². The highest BCUT2D eigenvalue weighted by Gasteiger charge is 2.46. The number of ether oxygens (including phenoxy) is 4. The third-order valence-corrected chi connectivity index (χ3v) is 6.26. The van der Waals surface area contributed by atoms with Crippen LogP contribution in [0.5, 0.6) is 17.2 Å². The van der Waals surface area contributed by atoms with Crippen LogP contribution in [-0.4, -0.2) is 61.8 Å². The zero-order chi connectivity index (χ0) is 25.1. The summed E-state index contributed by atoms with van der Waals surface area (Å²) < 4.78 is 22.0. The Morgan fingerprint density at radius 3 is 2.66 bits per heavy atom. The highest BCUT2D eigenvalue weighted by atomic mass is 16.5. The quantitative estimate of drug-likeness (QED) is 0.251. The maximum atomic E-state index is 13.2. The molecule has 0 saturated carbocycles. The van der Waals surface area contributed by atoms with Gasteiger partial charge in [-0.2, -0.15) is 0 Å². The molecule has 0 aliphatic carbocycles. The first-order valence-electron chi connectivity index (χ1n) is 11.8. The van der Waals surface area contributed by atoms with Crippen molar-refractivity contribution in [1.82, 2.24) is 4.90 Å². The maximum Gasteiger partial charge on any atom is 0.295 e. The molecule has 2 atom stereocenters. The molecule has 8 heteroatoms. The predicted molar refractivity (Wildman–Crippen MR) is 130 cm³/mol. The summed E-state index contributed by atoms with van der Waals surface area (Å²) in [6, 6.07) is 9.83. The van der Waals surface area contributed by atoms with E-state index in [0.29, 0.717) is 55.2 Å². The highest BCUT2D eigenvalue weighted by Crippen LogP contribution is 2.42. The second-order valence-corrected chi connectivity index (χ2v) is 8.64. The van der Waals surface area contributed by atoms with Crippen LogP contribution >= 0.6 is 0 Å². The molecular weight excluding hydrogens is 450 g/mol. The molecule has 186 valence electrons. The third kappa shape index (κ3) is 4.71. The number of aliphatic hydroxyl groups is 1. The van der Waals surface area contributed by atoms with E-state index in [4.69, 9.17) is 18.9 Å². The number of aliphatic hydroxyl groups excluding tert-OH is 1. The molecule has 35 heavy (non-hydrogen) atoms. The lowest BCUT2D eigenvalue weighted by Crippen LogP contribution is -2.31. The lowest BCUT2D eigenvalue weighted by atomic mass is 9.94. The Morgan fingerprint density at radius 2 is 1.94 bits per heavy atom. The first-order chi connectivity index (χ1) is 16.9. The number of ketones is 1. The number of likely N-dealkylation sites (tertiary alicyclic amines) is 1. The van der Waals surface area contributed by atoms with Crippen LogP contribution < -0.4 is 14.2 Å². The lowest BCUT2D eigenvalue weighted by molar-refractivity contribution is -0.140. The van der Waals surface area contributed by atoms with Gasteiger partial charge >= 0.3 is 0 Å². The molecule has 1 amide bonds. The normalized spacial score (nSPS) is 20.6. The summed E-state index contributed by atoms with van der Waals surface area (Å²) in [6.07, 6.45) is 1.30. The number of methoxy groups -OCH3 is 2. The fourth-order valence-corrected chi connectivity index (χ4v) is 4.69. The molecule has 0 aromatic heterocycles. The molecule has 1 N–H and O–H groups in total. The number of carbonyl (C=O) groups is 2. The van der Waals surface area contributed by atoms with E-state index < -0.39 is 17.7 Å². The van der Waals surface area contributed by atoms with Crippen molar-refractivity contribution < 1.29 is 33.6 Å². The van der Waals surface area contributed by atoms with Crippen LogP contribution in [0.15, 0.2) is 42.0 Å². The van der Waals surface area contributed by atoms with E-state index in [1.54, 1.807) is 37.4 Å². The Labute approximate surface area is 205 Å². The van der Waals surface area contributed by atoms with Crippen molar-refractivity contribution in [3.05, 3.63) is 58.7 Å². The number of amides is 1. The van der Waals surface area contributed by atoms with Gasteiger partial charge < -0.3 is 29.0 Å². The number of hydrogen-bond donors (Lipinski definition) is 1. The van der Waals surface area contributed by atoms with E-state index in [0.717, 1.165) is 11.3 Å². The Bertz CT molecular complexity index is 1160. The van der Waals surface area contributed by atoms with Crippen molar-refractivity contribution in [3.8, 4) is 17.2 Å². The van der Waals surface area contributed by atoms with E-state index in [1.165, 1.54) is 12.0 Å². The number of fused-ring (bicyclic) bond motifs is 1. The minimum Gasteiger partial charge on any atom is -0.507 e. The minimum absolute atomic E-state index is 0.0464. The van der Waals surface area contributed by atoms with Gasteiger partial charge in [-0.15, -0.1) is 0 Å². The molecule has 1 saturated heterocycles. The summed E-state index contributed by atoms with van der Waals surface area (Å²) in [6.45, 7) is 5.05. The van der Waals surface area contributed by atoms with Gasteiger partial charge in [-0.05, 0) is 61.7 Å². The number of benzene rings is 2. The largest absolute Gasteiger partial charge is 0.507 e. The van der Waals surface area contributed by atoms with Gasteiger partial charge in [0.2, 0.25) is 0 Å². The van der Waals surface area contributed by atoms with Gasteiger partial charge in [0.05, 0.1) is 25.3 Å². The number of Topliss-reactive ketones (excluding diaryl/α,β-unsaturated/α-hetero) is 1. The Balaban J connectivity index is 1.82. The molecule has 4 rings (SSSR count). The predicted octanol–water partition coefficient (Wildman–Crippen LogP) is 3.88. The van der Waals surface area contributed by atoms with E-state index in [9.17, 15) is 14.7 Å². The van der Waals surface area contributed by atoms with Gasteiger partial charge in [-0.1, -0.05) is 6.07 Å². The van der Waals surface area contributed by atoms with Gasteiger partial charge in [0, 0.05) is 32.2 Å². The van der Waals surface area contributed by atoms with Crippen molar-refractivity contribution in [2.24, 2.45) is 0 Å². The monoisotopic (exact) mass is 481 g/mol. The van der Waals surface area contributed by atoms with Crippen LogP contribution in [0, 0.1) is 0 Å². The third-order valence-electron chi connectivity index (χ3n) is 6.26. The molecule has 0 unspecified atom stereocenters. The highest BCUT2D eigenvalue weighted by molar-refractivity contribution is 6.46. The van der Waals surface area contributed by atoms with Crippen molar-refractivity contribution in [1.29, 1.82) is 0 Å². The molecule has 8 nitrogen and oxygen atoms in total. The summed E-state index contributed by atoms with van der Waals surface area (Å²) in [7, 11) is 3.12. The average Bonchev–Trinajstić information content (AvgIpc) is 3.35.